The Morgan fingerprint density at radius 1 is 0.558 bits per heavy atom. The quantitative estimate of drug-likeness (QED) is 0.266. The molecule has 0 unspecified atom stereocenters. The summed E-state index contributed by atoms with van der Waals surface area (Å²) >= 11 is -0.826. The average molecular weight is 703 g/mol. The van der Waals surface area contributed by atoms with Gasteiger partial charge in [0, 0.05) is 34.7 Å². The molecule has 0 aliphatic rings. The zero-order valence-electron chi connectivity index (χ0n) is 27.8. The van der Waals surface area contributed by atoms with Gasteiger partial charge in [-0.15, -0.1) is 0 Å². The van der Waals surface area contributed by atoms with Crippen molar-refractivity contribution in [2.24, 2.45) is 9.98 Å². The van der Waals surface area contributed by atoms with Crippen LogP contribution in [-0.2, 0) is 42.5 Å². The first-order valence-electron chi connectivity index (χ1n) is 14.5. The summed E-state index contributed by atoms with van der Waals surface area (Å²) in [5.74, 6) is 0.507. The van der Waals surface area contributed by atoms with Crippen molar-refractivity contribution in [3.8, 4) is 11.5 Å². The number of hydrogen-bond donors (Lipinski definition) is 2. The SMILES string of the molecule is CC(C)(C)c1cc(C=Nc2ccccc2N=Cc2cc(C(C)(C)C)cc(C(C)(C)C)c2O)c(O)c(C(C)(C)C)c1.[Cl][Zr][Cl]. The Hall–Kier alpha value is -1.94. The van der Waals surface area contributed by atoms with Crippen molar-refractivity contribution in [2.75, 3.05) is 0 Å². The number of halogens is 2. The first kappa shape index (κ1) is 37.3. The number of rotatable bonds is 4. The Morgan fingerprint density at radius 3 is 1.12 bits per heavy atom. The summed E-state index contributed by atoms with van der Waals surface area (Å²) in [5, 5.41) is 22.4. The summed E-state index contributed by atoms with van der Waals surface area (Å²) in [5.41, 5.74) is 6.23. The third-order valence-corrected chi connectivity index (χ3v) is 7.19. The average Bonchev–Trinajstić information content (AvgIpc) is 2.85. The molecular formula is C36H48Cl2N2O2Zr. The number of aliphatic imine (C=N–C) groups is 2. The maximum atomic E-state index is 11.2. The fourth-order valence-corrected chi connectivity index (χ4v) is 4.48. The number of aromatic hydroxyl groups is 2. The fourth-order valence-electron chi connectivity index (χ4n) is 4.48. The molecule has 0 atom stereocenters. The van der Waals surface area contributed by atoms with E-state index in [0.29, 0.717) is 22.5 Å². The number of hydrogen-bond acceptors (Lipinski definition) is 4. The van der Waals surface area contributed by atoms with E-state index in [0.717, 1.165) is 22.3 Å². The number of phenols is 2. The van der Waals surface area contributed by atoms with E-state index < -0.39 is 20.8 Å². The molecule has 232 valence electrons. The van der Waals surface area contributed by atoms with E-state index in [1.165, 1.54) is 0 Å². The standard InChI is InChI=1S/C36H48N2O2.2ClH.Zr/c1-33(2,3)25-17-23(31(39)27(19-25)35(7,8)9)21-37-29-15-13-14-16-30(29)38-22-24-18-26(34(4,5)6)20-28(32(24)40)36(10,11)12;;;/h13-22,39-40H,1-12H3;2*1H;/q;;;+2/p-2. The zero-order chi connectivity index (χ0) is 33.0. The third kappa shape index (κ3) is 10.3. The molecule has 7 heteroatoms. The molecule has 0 saturated heterocycles. The van der Waals surface area contributed by atoms with Crippen molar-refractivity contribution in [3.05, 3.63) is 81.9 Å². The van der Waals surface area contributed by atoms with Crippen molar-refractivity contribution < 1.29 is 31.1 Å². The zero-order valence-corrected chi connectivity index (χ0v) is 31.8. The molecule has 0 spiro atoms. The summed E-state index contributed by atoms with van der Waals surface area (Å²) in [4.78, 5) is 9.54. The molecule has 0 bridgehead atoms. The van der Waals surface area contributed by atoms with Crippen LogP contribution in [0, 0.1) is 0 Å². The van der Waals surface area contributed by atoms with E-state index in [2.05, 4.69) is 95.2 Å². The molecule has 3 rings (SSSR count). The first-order valence-corrected chi connectivity index (χ1v) is 20.8. The van der Waals surface area contributed by atoms with Gasteiger partial charge in [0.05, 0.1) is 11.4 Å². The van der Waals surface area contributed by atoms with Gasteiger partial charge in [0.2, 0.25) is 0 Å². The van der Waals surface area contributed by atoms with Crippen LogP contribution in [0.3, 0.4) is 0 Å². The van der Waals surface area contributed by atoms with Crippen molar-refractivity contribution in [1.29, 1.82) is 0 Å². The molecule has 0 aromatic heterocycles. The van der Waals surface area contributed by atoms with E-state index in [1.807, 2.05) is 36.4 Å². The first-order chi connectivity index (χ1) is 19.6. The van der Waals surface area contributed by atoms with Gasteiger partial charge in [-0.25, -0.2) is 0 Å². The third-order valence-electron chi connectivity index (χ3n) is 7.19. The van der Waals surface area contributed by atoms with E-state index in [1.54, 1.807) is 12.4 Å². The molecular weight excluding hydrogens is 655 g/mol. The van der Waals surface area contributed by atoms with Gasteiger partial charge in [0.25, 0.3) is 0 Å². The van der Waals surface area contributed by atoms with Gasteiger partial charge in [-0.2, -0.15) is 0 Å². The molecule has 3 aromatic carbocycles. The maximum absolute atomic E-state index is 11.2. The normalized spacial score (nSPS) is 12.9. The molecule has 0 aliphatic carbocycles. The molecule has 0 fully saturated rings. The van der Waals surface area contributed by atoms with E-state index >= 15 is 0 Å². The predicted molar refractivity (Wildman–Crippen MR) is 184 cm³/mol. The molecule has 0 heterocycles. The molecule has 0 saturated carbocycles. The Morgan fingerprint density at radius 2 is 0.860 bits per heavy atom. The Bertz CT molecular complexity index is 1360. The van der Waals surface area contributed by atoms with Crippen LogP contribution in [0.5, 0.6) is 11.5 Å². The number of nitrogens with zero attached hydrogens (tertiary/aromatic N) is 2. The molecule has 0 aliphatic heterocycles. The van der Waals surface area contributed by atoms with Crippen LogP contribution in [0.25, 0.3) is 0 Å². The van der Waals surface area contributed by atoms with Crippen LogP contribution >= 0.6 is 17.0 Å². The van der Waals surface area contributed by atoms with Gasteiger partial charge in [0.1, 0.15) is 11.5 Å². The van der Waals surface area contributed by atoms with Crippen LogP contribution in [0.15, 0.2) is 58.5 Å². The second-order valence-corrected chi connectivity index (χ2v) is 18.7. The van der Waals surface area contributed by atoms with Crippen LogP contribution in [0.4, 0.5) is 11.4 Å². The molecule has 4 nitrogen and oxygen atoms in total. The van der Waals surface area contributed by atoms with Gasteiger partial charge in [-0.05, 0) is 57.1 Å². The predicted octanol–water partition coefficient (Wildman–Crippen LogP) is 11.2. The summed E-state index contributed by atoms with van der Waals surface area (Å²) in [6.07, 6.45) is 3.45. The van der Waals surface area contributed by atoms with E-state index in [-0.39, 0.29) is 33.2 Å². The van der Waals surface area contributed by atoms with Gasteiger partial charge in [-0.3, -0.25) is 9.98 Å². The second kappa shape index (κ2) is 14.4. The number of phenolic OH excluding ortho intramolecular Hbond substituents is 2. The summed E-state index contributed by atoms with van der Waals surface area (Å²) in [6, 6.07) is 15.9. The monoisotopic (exact) mass is 700 g/mol. The summed E-state index contributed by atoms with van der Waals surface area (Å²) in [6.45, 7) is 25.7. The molecule has 0 amide bonds. The molecule has 43 heavy (non-hydrogen) atoms. The van der Waals surface area contributed by atoms with Crippen molar-refractivity contribution >= 4 is 40.8 Å². The van der Waals surface area contributed by atoms with Crippen LogP contribution in [0.1, 0.15) is 116 Å². The fraction of sp³-hybridized carbons (Fsp3) is 0.444. The van der Waals surface area contributed by atoms with Crippen LogP contribution in [-0.4, -0.2) is 22.6 Å². The molecule has 2 N–H and O–H groups in total. The minimum atomic E-state index is -0.826. The van der Waals surface area contributed by atoms with E-state index in [4.69, 9.17) is 27.0 Å². The Balaban J connectivity index is 0.00000206. The van der Waals surface area contributed by atoms with Crippen LogP contribution in [0.2, 0.25) is 0 Å². The molecule has 3 aromatic rings. The van der Waals surface area contributed by atoms with E-state index in [9.17, 15) is 10.2 Å². The topological polar surface area (TPSA) is 65.2 Å². The summed E-state index contributed by atoms with van der Waals surface area (Å²) < 4.78 is 0. The minimum absolute atomic E-state index is 0.0754. The number of benzene rings is 3. The van der Waals surface area contributed by atoms with Gasteiger partial charge >= 0.3 is 37.9 Å². The second-order valence-electron chi connectivity index (χ2n) is 15.0. The van der Waals surface area contributed by atoms with Gasteiger partial charge in [-0.1, -0.05) is 107 Å². The number of para-hydroxylation sites is 2. The van der Waals surface area contributed by atoms with Crippen LogP contribution < -0.4 is 0 Å². The van der Waals surface area contributed by atoms with Crippen molar-refractivity contribution in [3.63, 3.8) is 0 Å². The van der Waals surface area contributed by atoms with Crippen molar-refractivity contribution in [1.82, 2.24) is 0 Å². The Labute approximate surface area is 278 Å². The molecule has 0 radical (unpaired) electrons. The Kier molecular flexibility index (Phi) is 12.5. The van der Waals surface area contributed by atoms with Gasteiger partial charge < -0.3 is 10.2 Å². The van der Waals surface area contributed by atoms with Crippen molar-refractivity contribution in [2.45, 2.75) is 105 Å². The summed E-state index contributed by atoms with van der Waals surface area (Å²) in [7, 11) is 9.87. The van der Waals surface area contributed by atoms with Gasteiger partial charge in [0.15, 0.2) is 0 Å².